The van der Waals surface area contributed by atoms with Crippen LogP contribution in [-0.4, -0.2) is 17.8 Å². The highest BCUT2D eigenvalue weighted by Crippen LogP contribution is 2.29. The van der Waals surface area contributed by atoms with Gasteiger partial charge in [0.15, 0.2) is 0 Å². The van der Waals surface area contributed by atoms with Gasteiger partial charge in [-0.05, 0) is 25.2 Å². The van der Waals surface area contributed by atoms with Gasteiger partial charge in [-0.2, -0.15) is 0 Å². The summed E-state index contributed by atoms with van der Waals surface area (Å²) in [6.45, 7) is 2.78. The van der Waals surface area contributed by atoms with Crippen molar-refractivity contribution < 1.29 is 4.79 Å². The zero-order chi connectivity index (χ0) is 9.68. The maximum absolute atomic E-state index is 11.2. The van der Waals surface area contributed by atoms with Gasteiger partial charge in [0, 0.05) is 18.3 Å². The lowest BCUT2D eigenvalue weighted by atomic mass is 10.1. The first-order chi connectivity index (χ1) is 6.24. The van der Waals surface area contributed by atoms with Crippen molar-refractivity contribution in [3.8, 4) is 0 Å². The fraction of sp³-hybridized carbons (Fsp3) is 0.900. The molecule has 0 heterocycles. The highest BCUT2D eigenvalue weighted by atomic mass is 35.5. The number of nitrogens with one attached hydrogen (secondary N) is 1. The minimum atomic E-state index is 0.165. The van der Waals surface area contributed by atoms with Crippen molar-refractivity contribution in [1.82, 2.24) is 5.32 Å². The maximum Gasteiger partial charge on any atom is 0.219 e. The Kier molecular flexibility index (Phi) is 4.57. The molecular formula is C10H18ClNO. The van der Waals surface area contributed by atoms with Crippen molar-refractivity contribution in [3.05, 3.63) is 0 Å². The van der Waals surface area contributed by atoms with Gasteiger partial charge in [0.05, 0.1) is 0 Å². The standard InChI is InChI=1S/C10H18ClNO/c1-2-4-10(13)12-7-8-5-3-6-9(8)11/h8-9H,2-7H2,1H3,(H,12,13). The van der Waals surface area contributed by atoms with Crippen molar-refractivity contribution in [2.24, 2.45) is 5.92 Å². The average molecular weight is 204 g/mol. The molecule has 2 unspecified atom stereocenters. The Labute approximate surface area is 85.0 Å². The van der Waals surface area contributed by atoms with E-state index in [0.29, 0.717) is 12.3 Å². The minimum Gasteiger partial charge on any atom is -0.356 e. The molecule has 0 saturated heterocycles. The van der Waals surface area contributed by atoms with Crippen LogP contribution >= 0.6 is 11.6 Å². The van der Waals surface area contributed by atoms with Crippen LogP contribution in [0.2, 0.25) is 0 Å². The first kappa shape index (κ1) is 10.8. The van der Waals surface area contributed by atoms with E-state index < -0.39 is 0 Å². The molecule has 1 aliphatic rings. The Balaban J connectivity index is 2.14. The summed E-state index contributed by atoms with van der Waals surface area (Å²) in [5, 5.41) is 3.21. The Morgan fingerprint density at radius 2 is 2.31 bits per heavy atom. The Bertz CT molecular complexity index is 172. The molecule has 1 N–H and O–H groups in total. The number of hydrogen-bond acceptors (Lipinski definition) is 1. The molecule has 1 aliphatic carbocycles. The van der Waals surface area contributed by atoms with E-state index in [-0.39, 0.29) is 11.3 Å². The number of amides is 1. The van der Waals surface area contributed by atoms with Crippen molar-refractivity contribution in [1.29, 1.82) is 0 Å². The number of alkyl halides is 1. The number of rotatable bonds is 4. The number of hydrogen-bond donors (Lipinski definition) is 1. The molecule has 1 amide bonds. The zero-order valence-electron chi connectivity index (χ0n) is 8.18. The molecule has 13 heavy (non-hydrogen) atoms. The van der Waals surface area contributed by atoms with E-state index >= 15 is 0 Å². The van der Waals surface area contributed by atoms with Gasteiger partial charge in [-0.3, -0.25) is 4.79 Å². The van der Waals surface area contributed by atoms with Gasteiger partial charge < -0.3 is 5.32 Å². The van der Waals surface area contributed by atoms with Gasteiger partial charge >= 0.3 is 0 Å². The second kappa shape index (κ2) is 5.48. The van der Waals surface area contributed by atoms with Crippen molar-refractivity contribution in [3.63, 3.8) is 0 Å². The predicted molar refractivity (Wildman–Crippen MR) is 54.9 cm³/mol. The minimum absolute atomic E-state index is 0.165. The van der Waals surface area contributed by atoms with Gasteiger partial charge in [-0.1, -0.05) is 13.3 Å². The van der Waals surface area contributed by atoms with Gasteiger partial charge in [-0.15, -0.1) is 11.6 Å². The molecule has 0 aromatic carbocycles. The van der Waals surface area contributed by atoms with Crippen LogP contribution in [0.15, 0.2) is 0 Å². The van der Waals surface area contributed by atoms with E-state index in [0.717, 1.165) is 19.4 Å². The largest absolute Gasteiger partial charge is 0.356 e. The molecule has 0 radical (unpaired) electrons. The molecular weight excluding hydrogens is 186 g/mol. The highest BCUT2D eigenvalue weighted by molar-refractivity contribution is 6.20. The summed E-state index contributed by atoms with van der Waals surface area (Å²) in [5.41, 5.74) is 0. The van der Waals surface area contributed by atoms with Crippen LogP contribution in [0.1, 0.15) is 39.0 Å². The van der Waals surface area contributed by atoms with Gasteiger partial charge in [-0.25, -0.2) is 0 Å². The molecule has 76 valence electrons. The molecule has 0 bridgehead atoms. The fourth-order valence-electron chi connectivity index (χ4n) is 1.78. The van der Waals surface area contributed by atoms with E-state index in [1.807, 2.05) is 6.92 Å². The fourth-order valence-corrected chi connectivity index (χ4v) is 2.15. The van der Waals surface area contributed by atoms with Gasteiger partial charge in [0.1, 0.15) is 0 Å². The molecule has 0 aromatic heterocycles. The summed E-state index contributed by atoms with van der Waals surface area (Å²) in [4.78, 5) is 11.2. The second-order valence-corrected chi connectivity index (χ2v) is 4.32. The van der Waals surface area contributed by atoms with E-state index in [9.17, 15) is 4.79 Å². The van der Waals surface area contributed by atoms with Gasteiger partial charge in [0.25, 0.3) is 0 Å². The molecule has 1 saturated carbocycles. The zero-order valence-corrected chi connectivity index (χ0v) is 8.94. The first-order valence-corrected chi connectivity index (χ1v) is 5.58. The summed E-state index contributed by atoms with van der Waals surface area (Å²) in [6.07, 6.45) is 5.04. The maximum atomic E-state index is 11.2. The average Bonchev–Trinajstić information content (AvgIpc) is 2.48. The van der Waals surface area contributed by atoms with Crippen LogP contribution in [0.4, 0.5) is 0 Å². The number of carbonyl (C=O) groups is 1. The quantitative estimate of drug-likeness (QED) is 0.699. The summed E-state index contributed by atoms with van der Waals surface area (Å²) in [5.74, 6) is 0.667. The topological polar surface area (TPSA) is 29.1 Å². The third-order valence-corrected chi connectivity index (χ3v) is 3.18. The number of halogens is 1. The van der Waals surface area contributed by atoms with Crippen molar-refractivity contribution in [2.45, 2.75) is 44.4 Å². The van der Waals surface area contributed by atoms with Crippen LogP contribution in [0.25, 0.3) is 0 Å². The molecule has 2 atom stereocenters. The van der Waals surface area contributed by atoms with Crippen LogP contribution in [-0.2, 0) is 4.79 Å². The van der Waals surface area contributed by atoms with E-state index in [2.05, 4.69) is 5.32 Å². The highest BCUT2D eigenvalue weighted by Gasteiger charge is 2.25. The smallest absolute Gasteiger partial charge is 0.219 e. The molecule has 0 spiro atoms. The first-order valence-electron chi connectivity index (χ1n) is 5.14. The number of carbonyl (C=O) groups excluding carboxylic acids is 1. The van der Waals surface area contributed by atoms with Crippen LogP contribution < -0.4 is 5.32 Å². The van der Waals surface area contributed by atoms with E-state index in [1.165, 1.54) is 12.8 Å². The van der Waals surface area contributed by atoms with Crippen molar-refractivity contribution in [2.75, 3.05) is 6.54 Å². The third kappa shape index (κ3) is 3.55. The van der Waals surface area contributed by atoms with Crippen LogP contribution in [0.5, 0.6) is 0 Å². The van der Waals surface area contributed by atoms with Gasteiger partial charge in [0.2, 0.25) is 5.91 Å². The Hall–Kier alpha value is -0.240. The third-order valence-electron chi connectivity index (χ3n) is 2.60. The lowest BCUT2D eigenvalue weighted by Crippen LogP contribution is -2.30. The SMILES string of the molecule is CCCC(=O)NCC1CCCC1Cl. The van der Waals surface area contributed by atoms with Crippen LogP contribution in [0, 0.1) is 5.92 Å². The lowest BCUT2D eigenvalue weighted by Gasteiger charge is -2.13. The molecule has 0 aromatic rings. The summed E-state index contributed by atoms with van der Waals surface area (Å²) >= 11 is 6.09. The summed E-state index contributed by atoms with van der Waals surface area (Å²) in [6, 6.07) is 0. The molecule has 0 aliphatic heterocycles. The Morgan fingerprint density at radius 3 is 2.85 bits per heavy atom. The Morgan fingerprint density at radius 1 is 1.54 bits per heavy atom. The molecule has 1 rings (SSSR count). The molecule has 3 heteroatoms. The molecule has 1 fully saturated rings. The van der Waals surface area contributed by atoms with E-state index in [4.69, 9.17) is 11.6 Å². The predicted octanol–water partition coefficient (Wildman–Crippen LogP) is 2.31. The van der Waals surface area contributed by atoms with Crippen molar-refractivity contribution >= 4 is 17.5 Å². The lowest BCUT2D eigenvalue weighted by molar-refractivity contribution is -0.121. The monoisotopic (exact) mass is 203 g/mol. The normalized spacial score (nSPS) is 27.5. The van der Waals surface area contributed by atoms with E-state index in [1.54, 1.807) is 0 Å². The second-order valence-electron chi connectivity index (χ2n) is 3.76. The van der Waals surface area contributed by atoms with Crippen LogP contribution in [0.3, 0.4) is 0 Å². The summed E-state index contributed by atoms with van der Waals surface area (Å²) in [7, 11) is 0. The summed E-state index contributed by atoms with van der Waals surface area (Å²) < 4.78 is 0. The molecule has 2 nitrogen and oxygen atoms in total.